The maximum atomic E-state index is 5.95. The minimum Gasteiger partial charge on any atom is -0.492 e. The fourth-order valence-electron chi connectivity index (χ4n) is 2.95. The zero-order valence-corrected chi connectivity index (χ0v) is 10.1. The Morgan fingerprint density at radius 2 is 1.94 bits per heavy atom. The van der Waals surface area contributed by atoms with Gasteiger partial charge in [-0.25, -0.2) is 0 Å². The first kappa shape index (κ1) is 9.83. The lowest BCUT2D eigenvalue weighted by Gasteiger charge is -2.32. The van der Waals surface area contributed by atoms with Crippen molar-refractivity contribution < 1.29 is 9.47 Å². The van der Waals surface area contributed by atoms with Crippen LogP contribution in [0.4, 0.5) is 5.69 Å². The molecule has 1 atom stereocenters. The summed E-state index contributed by atoms with van der Waals surface area (Å²) < 4.78 is 11.8. The van der Waals surface area contributed by atoms with Crippen molar-refractivity contribution in [3.8, 4) is 17.2 Å². The van der Waals surface area contributed by atoms with Gasteiger partial charge < -0.3 is 15.2 Å². The largest absolute Gasteiger partial charge is 0.492 e. The Bertz CT molecular complexity index is 666. The molecule has 0 aliphatic carbocycles. The Morgan fingerprint density at radius 3 is 2.83 bits per heavy atom. The van der Waals surface area contributed by atoms with Gasteiger partial charge in [0.2, 0.25) is 0 Å². The van der Waals surface area contributed by atoms with Crippen LogP contribution in [-0.2, 0) is 5.41 Å². The summed E-state index contributed by atoms with van der Waals surface area (Å²) in [6.45, 7) is 2.82. The van der Waals surface area contributed by atoms with Crippen molar-refractivity contribution in [3.05, 3.63) is 47.5 Å². The van der Waals surface area contributed by atoms with Crippen LogP contribution in [0.25, 0.3) is 0 Å². The first-order valence-corrected chi connectivity index (χ1v) is 6.03. The van der Waals surface area contributed by atoms with Crippen LogP contribution in [0, 0.1) is 0 Å². The summed E-state index contributed by atoms with van der Waals surface area (Å²) in [6, 6.07) is 11.7. The van der Waals surface area contributed by atoms with Crippen LogP contribution >= 0.6 is 0 Å². The second kappa shape index (κ2) is 2.99. The van der Waals surface area contributed by atoms with E-state index in [2.05, 4.69) is 6.92 Å². The quantitative estimate of drug-likeness (QED) is 0.718. The molecule has 2 aliphatic rings. The first-order chi connectivity index (χ1) is 8.68. The fourth-order valence-corrected chi connectivity index (χ4v) is 2.95. The lowest BCUT2D eigenvalue weighted by Crippen LogP contribution is -2.29. The molecule has 0 radical (unpaired) electrons. The number of nitrogen functional groups attached to an aromatic ring is 1. The van der Waals surface area contributed by atoms with E-state index in [-0.39, 0.29) is 5.41 Å². The Labute approximate surface area is 105 Å². The second-order valence-corrected chi connectivity index (χ2v) is 5.11. The number of hydrogen-bond donors (Lipinski definition) is 1. The average Bonchev–Trinajstić information content (AvgIpc) is 2.72. The molecule has 1 unspecified atom stereocenters. The molecule has 0 amide bonds. The second-order valence-electron chi connectivity index (χ2n) is 5.11. The minimum absolute atomic E-state index is 0.158. The molecule has 4 rings (SSSR count). The molecule has 0 spiro atoms. The monoisotopic (exact) mass is 239 g/mol. The van der Waals surface area contributed by atoms with Gasteiger partial charge in [0.25, 0.3) is 0 Å². The summed E-state index contributed by atoms with van der Waals surface area (Å²) in [5.41, 5.74) is 8.75. The van der Waals surface area contributed by atoms with Crippen molar-refractivity contribution in [2.75, 3.05) is 12.3 Å². The van der Waals surface area contributed by atoms with Crippen LogP contribution < -0.4 is 15.2 Å². The van der Waals surface area contributed by atoms with Crippen LogP contribution in [0.1, 0.15) is 18.1 Å². The molecule has 0 bridgehead atoms. The van der Waals surface area contributed by atoms with Crippen molar-refractivity contribution >= 4 is 5.69 Å². The van der Waals surface area contributed by atoms with E-state index in [9.17, 15) is 0 Å². The standard InChI is InChI=1S/C15H13NO2/c1-15-8-17-12-3-2-4-13(14(12)15)18-11-6-5-9(16)7-10(11)15/h2-7H,8,16H2,1H3. The number of hydrogen-bond acceptors (Lipinski definition) is 3. The highest BCUT2D eigenvalue weighted by Gasteiger charge is 2.45. The fraction of sp³-hybridized carbons (Fsp3) is 0.200. The summed E-state index contributed by atoms with van der Waals surface area (Å²) in [5.74, 6) is 2.69. The average molecular weight is 239 g/mol. The Morgan fingerprint density at radius 1 is 1.11 bits per heavy atom. The topological polar surface area (TPSA) is 44.5 Å². The van der Waals surface area contributed by atoms with E-state index in [1.165, 1.54) is 0 Å². The number of nitrogens with two attached hydrogens (primary N) is 1. The van der Waals surface area contributed by atoms with E-state index >= 15 is 0 Å². The number of benzene rings is 2. The molecule has 2 aromatic rings. The highest BCUT2D eigenvalue weighted by atomic mass is 16.5. The maximum absolute atomic E-state index is 5.95. The van der Waals surface area contributed by atoms with Crippen molar-refractivity contribution in [2.45, 2.75) is 12.3 Å². The molecule has 2 aliphatic heterocycles. The van der Waals surface area contributed by atoms with Gasteiger partial charge in [-0.15, -0.1) is 0 Å². The molecule has 2 N–H and O–H groups in total. The third-order valence-corrected chi connectivity index (χ3v) is 3.87. The molecule has 0 aromatic heterocycles. The van der Waals surface area contributed by atoms with E-state index in [0.29, 0.717) is 6.61 Å². The molecule has 2 aromatic carbocycles. The van der Waals surface area contributed by atoms with E-state index in [1.54, 1.807) is 0 Å². The minimum atomic E-state index is -0.158. The molecule has 90 valence electrons. The van der Waals surface area contributed by atoms with Gasteiger partial charge in [-0.1, -0.05) is 6.07 Å². The molecule has 3 nitrogen and oxygen atoms in total. The summed E-state index contributed by atoms with van der Waals surface area (Å²) in [6.07, 6.45) is 0. The van der Waals surface area contributed by atoms with Crippen molar-refractivity contribution in [3.63, 3.8) is 0 Å². The van der Waals surface area contributed by atoms with Gasteiger partial charge in [0.05, 0.1) is 11.0 Å². The van der Waals surface area contributed by atoms with E-state index < -0.39 is 0 Å². The van der Waals surface area contributed by atoms with Gasteiger partial charge in [-0.05, 0) is 37.3 Å². The Hall–Kier alpha value is -2.16. The van der Waals surface area contributed by atoms with Crippen LogP contribution in [0.5, 0.6) is 17.2 Å². The maximum Gasteiger partial charge on any atom is 0.135 e. The summed E-state index contributed by atoms with van der Waals surface area (Å²) in [5, 5.41) is 0. The van der Waals surface area contributed by atoms with Crippen molar-refractivity contribution in [1.29, 1.82) is 0 Å². The lowest BCUT2D eigenvalue weighted by atomic mass is 9.75. The van der Waals surface area contributed by atoms with Gasteiger partial charge >= 0.3 is 0 Å². The molecule has 0 saturated heterocycles. The highest BCUT2D eigenvalue weighted by molar-refractivity contribution is 5.66. The van der Waals surface area contributed by atoms with Gasteiger partial charge in [0.1, 0.15) is 23.9 Å². The number of ether oxygens (including phenoxy) is 2. The van der Waals surface area contributed by atoms with E-state index in [4.69, 9.17) is 15.2 Å². The third-order valence-electron chi connectivity index (χ3n) is 3.87. The number of rotatable bonds is 0. The molecule has 0 saturated carbocycles. The van der Waals surface area contributed by atoms with Crippen molar-refractivity contribution in [2.24, 2.45) is 0 Å². The molecule has 0 fully saturated rings. The van der Waals surface area contributed by atoms with E-state index in [0.717, 1.165) is 34.1 Å². The van der Waals surface area contributed by atoms with E-state index in [1.807, 2.05) is 36.4 Å². The normalized spacial score (nSPS) is 22.7. The SMILES string of the molecule is CC12COc3cccc(c31)Oc1ccc(N)cc12. The predicted molar refractivity (Wildman–Crippen MR) is 69.3 cm³/mol. The molecule has 18 heavy (non-hydrogen) atoms. The highest BCUT2D eigenvalue weighted by Crippen LogP contribution is 2.54. The molecular formula is C15H13NO2. The van der Waals surface area contributed by atoms with Gasteiger partial charge in [0, 0.05) is 11.3 Å². The third kappa shape index (κ3) is 1.04. The van der Waals surface area contributed by atoms with Gasteiger partial charge in [-0.2, -0.15) is 0 Å². The van der Waals surface area contributed by atoms with Gasteiger partial charge in [0.15, 0.2) is 0 Å². The Kier molecular flexibility index (Phi) is 1.63. The Balaban J connectivity index is 2.06. The molecule has 2 heterocycles. The molecule has 3 heteroatoms. The van der Waals surface area contributed by atoms with Gasteiger partial charge in [-0.3, -0.25) is 0 Å². The number of fused-ring (bicyclic) bond motifs is 2. The van der Waals surface area contributed by atoms with Crippen LogP contribution in [0.15, 0.2) is 36.4 Å². The van der Waals surface area contributed by atoms with Crippen LogP contribution in [0.3, 0.4) is 0 Å². The summed E-state index contributed by atoms with van der Waals surface area (Å²) in [4.78, 5) is 0. The van der Waals surface area contributed by atoms with Crippen molar-refractivity contribution in [1.82, 2.24) is 0 Å². The predicted octanol–water partition coefficient (Wildman–Crippen LogP) is 3.07. The lowest BCUT2D eigenvalue weighted by molar-refractivity contribution is 0.294. The smallest absolute Gasteiger partial charge is 0.135 e. The van der Waals surface area contributed by atoms with Crippen LogP contribution in [-0.4, -0.2) is 6.61 Å². The zero-order chi connectivity index (χ0) is 12.3. The number of anilines is 1. The van der Waals surface area contributed by atoms with Crippen LogP contribution in [0.2, 0.25) is 0 Å². The first-order valence-electron chi connectivity index (χ1n) is 6.03. The molecular weight excluding hydrogens is 226 g/mol. The zero-order valence-electron chi connectivity index (χ0n) is 10.1. The summed E-state index contributed by atoms with van der Waals surface area (Å²) in [7, 11) is 0. The summed E-state index contributed by atoms with van der Waals surface area (Å²) >= 11 is 0.